The first-order chi connectivity index (χ1) is 14.1. The Morgan fingerprint density at radius 3 is 2.40 bits per heavy atom. The molecule has 0 saturated carbocycles. The number of pyridine rings is 1. The van der Waals surface area contributed by atoms with E-state index in [4.69, 9.17) is 16.6 Å². The minimum Gasteiger partial charge on any atom is -0.336 e. The van der Waals surface area contributed by atoms with E-state index in [0.29, 0.717) is 47.7 Å². The molecule has 1 saturated heterocycles. The number of amides is 1. The quantitative estimate of drug-likeness (QED) is 0.589. The molecule has 0 N–H and O–H groups in total. The second-order valence-electron chi connectivity index (χ2n) is 7.50. The zero-order chi connectivity index (χ0) is 21.6. The Morgan fingerprint density at radius 2 is 1.80 bits per heavy atom. The Morgan fingerprint density at radius 1 is 1.10 bits per heavy atom. The number of hydrogen-bond donors (Lipinski definition) is 0. The van der Waals surface area contributed by atoms with Crippen molar-refractivity contribution in [2.24, 2.45) is 0 Å². The van der Waals surface area contributed by atoms with Crippen molar-refractivity contribution in [2.45, 2.75) is 13.8 Å². The van der Waals surface area contributed by atoms with Gasteiger partial charge in [0, 0.05) is 51.9 Å². The maximum Gasteiger partial charge on any atom is 0.254 e. The maximum absolute atomic E-state index is 13.4. The molecule has 6 nitrogen and oxygen atoms in total. The van der Waals surface area contributed by atoms with E-state index in [2.05, 4.69) is 13.0 Å². The largest absolute Gasteiger partial charge is 0.336 e. The van der Waals surface area contributed by atoms with Gasteiger partial charge < -0.3 is 4.90 Å². The number of carbonyl (C=O) groups is 1. The molecular weight excluding hydrogens is 442 g/mol. The molecule has 1 amide bonds. The molecule has 158 valence electrons. The zero-order valence-corrected chi connectivity index (χ0v) is 19.4. The zero-order valence-electron chi connectivity index (χ0n) is 17.0. The Labute approximate surface area is 185 Å². The van der Waals surface area contributed by atoms with Crippen molar-refractivity contribution in [2.75, 3.05) is 32.4 Å². The number of halogens is 1. The predicted octanol–water partition coefficient (Wildman–Crippen LogP) is 3.95. The summed E-state index contributed by atoms with van der Waals surface area (Å²) < 4.78 is 25.0. The third-order valence-corrected chi connectivity index (χ3v) is 7.82. The molecule has 1 fully saturated rings. The van der Waals surface area contributed by atoms with Crippen LogP contribution in [0.25, 0.3) is 22.2 Å². The number of carbonyl (C=O) groups excluding carboxylic acids is 1. The molecule has 4 rings (SSSR count). The van der Waals surface area contributed by atoms with Gasteiger partial charge in [-0.3, -0.25) is 4.79 Å². The smallest absolute Gasteiger partial charge is 0.254 e. The molecule has 9 heteroatoms. The van der Waals surface area contributed by atoms with Crippen LogP contribution in [-0.2, 0) is 10.0 Å². The first-order valence-corrected chi connectivity index (χ1v) is 12.6. The van der Waals surface area contributed by atoms with Crippen LogP contribution in [-0.4, -0.2) is 60.9 Å². The Balaban J connectivity index is 1.76. The van der Waals surface area contributed by atoms with E-state index in [1.807, 2.05) is 19.1 Å². The first-order valence-electron chi connectivity index (χ1n) is 9.55. The van der Waals surface area contributed by atoms with E-state index < -0.39 is 10.0 Å². The number of piperazine rings is 1. The molecule has 0 bridgehead atoms. The van der Waals surface area contributed by atoms with Gasteiger partial charge >= 0.3 is 0 Å². The molecule has 3 aromatic rings. The van der Waals surface area contributed by atoms with Crippen molar-refractivity contribution in [1.29, 1.82) is 0 Å². The van der Waals surface area contributed by atoms with Crippen LogP contribution in [0.1, 0.15) is 20.1 Å². The predicted molar refractivity (Wildman–Crippen MR) is 122 cm³/mol. The second kappa shape index (κ2) is 7.92. The SMILES string of the molecule is Cc1cc(-c2cc(C(=O)N3CCN(S(C)(=O)=O)CC3)c3cc(Cl)ccc3n2)c(C)s1. The number of rotatable bonds is 3. The summed E-state index contributed by atoms with van der Waals surface area (Å²) in [4.78, 5) is 22.3. The minimum atomic E-state index is -3.26. The normalized spacial score (nSPS) is 15.7. The number of benzene rings is 1. The van der Waals surface area contributed by atoms with Gasteiger partial charge in [0.1, 0.15) is 0 Å². The molecule has 1 aromatic carbocycles. The number of nitrogens with zero attached hydrogens (tertiary/aromatic N) is 3. The van der Waals surface area contributed by atoms with Crippen LogP contribution >= 0.6 is 22.9 Å². The minimum absolute atomic E-state index is 0.135. The number of hydrogen-bond acceptors (Lipinski definition) is 5. The van der Waals surface area contributed by atoms with Gasteiger partial charge in [0.2, 0.25) is 10.0 Å². The van der Waals surface area contributed by atoms with Crippen molar-refractivity contribution in [3.63, 3.8) is 0 Å². The number of aromatic nitrogens is 1. The molecule has 1 aliphatic heterocycles. The van der Waals surface area contributed by atoms with Crippen molar-refractivity contribution in [1.82, 2.24) is 14.2 Å². The fourth-order valence-electron chi connectivity index (χ4n) is 3.79. The molecule has 3 heterocycles. The van der Waals surface area contributed by atoms with E-state index in [1.165, 1.54) is 15.4 Å². The van der Waals surface area contributed by atoms with Crippen molar-refractivity contribution < 1.29 is 13.2 Å². The topological polar surface area (TPSA) is 70.6 Å². The molecule has 1 aliphatic rings. The van der Waals surface area contributed by atoms with E-state index in [9.17, 15) is 13.2 Å². The standard InChI is InChI=1S/C21H22ClN3O3S2/c1-13-10-16(14(2)29-13)20-12-18(17-11-15(22)4-5-19(17)23-20)21(26)24-6-8-25(9-7-24)30(3,27)28/h4-5,10-12H,6-9H2,1-3H3. The highest BCUT2D eigenvalue weighted by Gasteiger charge is 2.28. The Bertz CT molecular complexity index is 1250. The summed E-state index contributed by atoms with van der Waals surface area (Å²) in [6.07, 6.45) is 1.19. The van der Waals surface area contributed by atoms with Crippen LogP contribution in [0.5, 0.6) is 0 Å². The second-order valence-corrected chi connectivity index (χ2v) is 11.4. The van der Waals surface area contributed by atoms with E-state index >= 15 is 0 Å². The molecule has 0 unspecified atom stereocenters. The lowest BCUT2D eigenvalue weighted by Crippen LogP contribution is -2.50. The van der Waals surface area contributed by atoms with Crippen LogP contribution in [0.3, 0.4) is 0 Å². The van der Waals surface area contributed by atoms with Gasteiger partial charge in [0.15, 0.2) is 0 Å². The summed E-state index contributed by atoms with van der Waals surface area (Å²) >= 11 is 7.91. The van der Waals surface area contributed by atoms with Crippen LogP contribution in [0.2, 0.25) is 5.02 Å². The highest BCUT2D eigenvalue weighted by molar-refractivity contribution is 7.88. The van der Waals surface area contributed by atoms with E-state index in [0.717, 1.165) is 16.1 Å². The van der Waals surface area contributed by atoms with Gasteiger partial charge in [-0.2, -0.15) is 4.31 Å². The first kappa shape index (κ1) is 21.2. The third kappa shape index (κ3) is 4.09. The third-order valence-electron chi connectivity index (χ3n) is 5.31. The summed E-state index contributed by atoms with van der Waals surface area (Å²) in [5.74, 6) is -0.135. The van der Waals surface area contributed by atoms with E-state index in [1.54, 1.807) is 28.4 Å². The highest BCUT2D eigenvalue weighted by atomic mass is 35.5. The summed E-state index contributed by atoms with van der Waals surface area (Å²) in [6.45, 7) is 5.39. The highest BCUT2D eigenvalue weighted by Crippen LogP contribution is 2.33. The van der Waals surface area contributed by atoms with Gasteiger partial charge in [0.05, 0.1) is 23.0 Å². The van der Waals surface area contributed by atoms with Gasteiger partial charge in [-0.05, 0) is 44.2 Å². The van der Waals surface area contributed by atoms with Gasteiger partial charge in [0.25, 0.3) is 5.91 Å². The summed E-state index contributed by atoms with van der Waals surface area (Å²) in [6, 6.07) is 9.28. The average Bonchev–Trinajstić information content (AvgIpc) is 3.04. The van der Waals surface area contributed by atoms with E-state index in [-0.39, 0.29) is 5.91 Å². The summed E-state index contributed by atoms with van der Waals surface area (Å²) in [5, 5.41) is 1.24. The van der Waals surface area contributed by atoms with Crippen LogP contribution < -0.4 is 0 Å². The molecule has 0 aliphatic carbocycles. The Hall–Kier alpha value is -2.00. The monoisotopic (exact) mass is 463 g/mol. The fourth-order valence-corrected chi connectivity index (χ4v) is 5.72. The van der Waals surface area contributed by atoms with Crippen molar-refractivity contribution >= 4 is 49.8 Å². The molecule has 2 aromatic heterocycles. The lowest BCUT2D eigenvalue weighted by molar-refractivity contribution is 0.0700. The number of thiophene rings is 1. The number of aryl methyl sites for hydroxylation is 2. The fraction of sp³-hybridized carbons (Fsp3) is 0.333. The van der Waals surface area contributed by atoms with Crippen LogP contribution in [0, 0.1) is 13.8 Å². The van der Waals surface area contributed by atoms with Gasteiger partial charge in [-0.1, -0.05) is 11.6 Å². The molecule has 0 spiro atoms. The van der Waals surface area contributed by atoms with Gasteiger partial charge in [-0.25, -0.2) is 13.4 Å². The van der Waals surface area contributed by atoms with Crippen LogP contribution in [0.4, 0.5) is 0 Å². The van der Waals surface area contributed by atoms with Crippen molar-refractivity contribution in [3.05, 3.63) is 50.7 Å². The van der Waals surface area contributed by atoms with Gasteiger partial charge in [-0.15, -0.1) is 11.3 Å². The Kier molecular flexibility index (Phi) is 5.61. The molecule has 0 radical (unpaired) electrons. The number of sulfonamides is 1. The molecular formula is C21H22ClN3O3S2. The lowest BCUT2D eigenvalue weighted by atomic mass is 10.0. The number of fused-ring (bicyclic) bond motifs is 1. The summed E-state index contributed by atoms with van der Waals surface area (Å²) in [7, 11) is -3.26. The molecule has 30 heavy (non-hydrogen) atoms. The summed E-state index contributed by atoms with van der Waals surface area (Å²) in [5.41, 5.74) is 3.02. The van der Waals surface area contributed by atoms with Crippen molar-refractivity contribution in [3.8, 4) is 11.3 Å². The lowest BCUT2D eigenvalue weighted by Gasteiger charge is -2.33. The average molecular weight is 464 g/mol. The molecule has 0 atom stereocenters. The van der Waals surface area contributed by atoms with Crippen LogP contribution in [0.15, 0.2) is 30.3 Å². The maximum atomic E-state index is 13.4.